The van der Waals surface area contributed by atoms with Gasteiger partial charge >= 0.3 is 0 Å². The van der Waals surface area contributed by atoms with Gasteiger partial charge in [-0.05, 0) is 34.4 Å². The van der Waals surface area contributed by atoms with Crippen molar-refractivity contribution in [2.45, 2.75) is 18.4 Å². The van der Waals surface area contributed by atoms with E-state index in [4.69, 9.17) is 9.73 Å². The van der Waals surface area contributed by atoms with Crippen molar-refractivity contribution in [2.75, 3.05) is 7.11 Å². The van der Waals surface area contributed by atoms with E-state index >= 15 is 0 Å². The molecule has 1 aromatic rings. The van der Waals surface area contributed by atoms with Crippen LogP contribution in [-0.2, 0) is 4.74 Å². The molecule has 5 aliphatic rings. The minimum absolute atomic E-state index is 0.0352. The van der Waals surface area contributed by atoms with Crippen LogP contribution in [0, 0.1) is 11.8 Å². The molecule has 1 aromatic carbocycles. The first-order valence-electron chi connectivity index (χ1n) is 10.8. The quantitative estimate of drug-likeness (QED) is 0.691. The minimum Gasteiger partial charge on any atom is -0.508 e. The molecule has 1 aliphatic heterocycles. The number of nitrogens with zero attached hydrogens (tertiary/aromatic N) is 2. The second kappa shape index (κ2) is 7.29. The second-order valence-electron chi connectivity index (χ2n) is 8.48. The lowest BCUT2D eigenvalue weighted by atomic mass is 9.68. The Kier molecular flexibility index (Phi) is 4.38. The summed E-state index contributed by atoms with van der Waals surface area (Å²) in [6.45, 7) is 0. The van der Waals surface area contributed by atoms with Crippen molar-refractivity contribution in [3.05, 3.63) is 94.3 Å². The molecule has 6 rings (SSSR count). The van der Waals surface area contributed by atoms with Gasteiger partial charge < -0.3 is 20.3 Å². The van der Waals surface area contributed by atoms with Gasteiger partial charge in [0.05, 0.1) is 12.0 Å². The topological polar surface area (TPSA) is 86.4 Å². The van der Waals surface area contributed by atoms with Gasteiger partial charge in [-0.25, -0.2) is 9.98 Å². The summed E-state index contributed by atoms with van der Waals surface area (Å²) in [4.78, 5) is 9.32. The molecule has 0 amide bonds. The highest BCUT2D eigenvalue weighted by atomic mass is 16.5. The Morgan fingerprint density at radius 2 is 1.97 bits per heavy atom. The third kappa shape index (κ3) is 2.95. The number of allylic oxidation sites excluding steroid dienone is 7. The number of aliphatic hydroxyl groups is 2. The fourth-order valence-corrected chi connectivity index (χ4v) is 5.10. The van der Waals surface area contributed by atoms with E-state index in [9.17, 15) is 10.2 Å². The summed E-state index contributed by atoms with van der Waals surface area (Å²) in [7, 11) is 1.58. The van der Waals surface area contributed by atoms with E-state index in [2.05, 4.69) is 65.0 Å². The first kappa shape index (κ1) is 19.2. The van der Waals surface area contributed by atoms with Gasteiger partial charge in [0.15, 0.2) is 0 Å². The van der Waals surface area contributed by atoms with Crippen molar-refractivity contribution >= 4 is 23.8 Å². The van der Waals surface area contributed by atoms with Crippen molar-refractivity contribution in [3.8, 4) is 0 Å². The zero-order valence-corrected chi connectivity index (χ0v) is 17.5. The average molecular weight is 425 g/mol. The van der Waals surface area contributed by atoms with Crippen LogP contribution in [0.4, 0.5) is 0 Å². The summed E-state index contributed by atoms with van der Waals surface area (Å²) < 4.78 is 5.50. The average Bonchev–Trinajstić information content (AvgIpc) is 2.82. The monoisotopic (exact) mass is 425 g/mol. The molecule has 0 aromatic heterocycles. The van der Waals surface area contributed by atoms with Crippen LogP contribution in [0.3, 0.4) is 0 Å². The largest absolute Gasteiger partial charge is 0.508 e. The van der Waals surface area contributed by atoms with Crippen LogP contribution in [0.25, 0.3) is 12.2 Å². The summed E-state index contributed by atoms with van der Waals surface area (Å²) >= 11 is 0. The van der Waals surface area contributed by atoms with E-state index < -0.39 is 18.4 Å². The third-order valence-electron chi connectivity index (χ3n) is 6.63. The molecule has 0 spiro atoms. The lowest BCUT2D eigenvalue weighted by Gasteiger charge is -2.36. The number of methoxy groups -OCH3 is 1. The molecule has 0 fully saturated rings. The highest BCUT2D eigenvalue weighted by Crippen LogP contribution is 2.47. The zero-order valence-electron chi connectivity index (χ0n) is 17.5. The zero-order chi connectivity index (χ0) is 21.8. The first-order valence-corrected chi connectivity index (χ1v) is 10.8. The summed E-state index contributed by atoms with van der Waals surface area (Å²) in [5.41, 5.74) is 6.00. The van der Waals surface area contributed by atoms with Crippen LogP contribution in [0.1, 0.15) is 28.2 Å². The maximum Gasteiger partial charge on any atom is 0.228 e. The Morgan fingerprint density at radius 3 is 2.81 bits per heavy atom. The van der Waals surface area contributed by atoms with E-state index in [0.717, 1.165) is 11.1 Å². The van der Waals surface area contributed by atoms with E-state index in [1.54, 1.807) is 19.3 Å². The Morgan fingerprint density at radius 1 is 1.06 bits per heavy atom. The van der Waals surface area contributed by atoms with E-state index in [-0.39, 0.29) is 5.76 Å². The summed E-state index contributed by atoms with van der Waals surface area (Å²) in [5, 5.41) is 23.4. The number of rotatable bonds is 3. The normalized spacial score (nSPS) is 31.2. The van der Waals surface area contributed by atoms with E-state index in [1.807, 2.05) is 0 Å². The molecule has 5 atom stereocenters. The van der Waals surface area contributed by atoms with Gasteiger partial charge in [0, 0.05) is 24.5 Å². The number of amidine groups is 2. The van der Waals surface area contributed by atoms with Crippen LogP contribution in [0.5, 0.6) is 0 Å². The van der Waals surface area contributed by atoms with Crippen molar-refractivity contribution in [2.24, 2.45) is 21.8 Å². The van der Waals surface area contributed by atoms with Crippen LogP contribution in [-0.4, -0.2) is 41.4 Å². The van der Waals surface area contributed by atoms with Crippen molar-refractivity contribution in [1.29, 1.82) is 0 Å². The molecule has 5 unspecified atom stereocenters. The maximum absolute atomic E-state index is 10.5. The predicted octanol–water partition coefficient (Wildman–Crippen LogP) is 3.60. The standard InChI is InChI=1S/C26H23N3O3/c1-32-26-28-24(27-25(29-26)20-12-9-17(30)13-21(20)31)19-11-8-16-6-5-14-3-2-4-15-7-10-18(19)23(16)22(14)15/h2-14,20-22,26,30-31H,1H3,(H,27,28,29). The number of benzene rings is 1. The lowest BCUT2D eigenvalue weighted by molar-refractivity contribution is 0.0961. The Bertz CT molecular complexity index is 1250. The number of hydrogen-bond donors (Lipinski definition) is 3. The molecule has 3 N–H and O–H groups in total. The van der Waals surface area contributed by atoms with Gasteiger partial charge in [0.1, 0.15) is 17.4 Å². The Hall–Kier alpha value is -3.48. The van der Waals surface area contributed by atoms with Gasteiger partial charge in [-0.2, -0.15) is 0 Å². The molecule has 160 valence electrons. The lowest BCUT2D eigenvalue weighted by Crippen LogP contribution is -2.43. The summed E-state index contributed by atoms with van der Waals surface area (Å²) in [5.74, 6) is 1.36. The smallest absolute Gasteiger partial charge is 0.228 e. The SMILES string of the molecule is COC1N=C(C2C=CC(O)=CC2O)N=C(c2ccc3c4c2C=CC2=CC=CC(C=C3)C24)N1. The first-order chi connectivity index (χ1) is 15.6. The summed E-state index contributed by atoms with van der Waals surface area (Å²) in [6.07, 6.45) is 18.6. The van der Waals surface area contributed by atoms with Gasteiger partial charge in [0.2, 0.25) is 6.35 Å². The van der Waals surface area contributed by atoms with E-state index in [1.165, 1.54) is 22.8 Å². The molecule has 1 heterocycles. The van der Waals surface area contributed by atoms with Crippen molar-refractivity contribution < 1.29 is 14.9 Å². The fourth-order valence-electron chi connectivity index (χ4n) is 5.10. The maximum atomic E-state index is 10.5. The predicted molar refractivity (Wildman–Crippen MR) is 125 cm³/mol. The molecule has 6 nitrogen and oxygen atoms in total. The molecule has 0 saturated heterocycles. The van der Waals surface area contributed by atoms with Crippen LogP contribution < -0.4 is 5.32 Å². The molecule has 0 radical (unpaired) electrons. The van der Waals surface area contributed by atoms with Gasteiger partial charge in [-0.1, -0.05) is 60.7 Å². The molecule has 0 saturated carbocycles. The minimum atomic E-state index is -0.909. The second-order valence-corrected chi connectivity index (χ2v) is 8.48. The molecular formula is C26H23N3O3. The highest BCUT2D eigenvalue weighted by Gasteiger charge is 2.35. The number of aliphatic imine (C=N–C) groups is 2. The Balaban J connectivity index is 1.46. The van der Waals surface area contributed by atoms with Gasteiger partial charge in [-0.15, -0.1) is 0 Å². The van der Waals surface area contributed by atoms with Crippen molar-refractivity contribution in [1.82, 2.24) is 5.32 Å². The van der Waals surface area contributed by atoms with Crippen molar-refractivity contribution in [3.63, 3.8) is 0 Å². The number of ether oxygens (including phenoxy) is 1. The van der Waals surface area contributed by atoms with E-state index in [0.29, 0.717) is 23.5 Å². The van der Waals surface area contributed by atoms with Crippen LogP contribution in [0.2, 0.25) is 0 Å². The van der Waals surface area contributed by atoms with Crippen LogP contribution in [0.15, 0.2) is 82.1 Å². The Labute approximate surface area is 186 Å². The van der Waals surface area contributed by atoms with Gasteiger partial charge in [0.25, 0.3) is 0 Å². The molecule has 6 heteroatoms. The number of hydrogen-bond acceptors (Lipinski definition) is 6. The third-order valence-corrected chi connectivity index (χ3v) is 6.63. The molecule has 4 aliphatic carbocycles. The summed E-state index contributed by atoms with van der Waals surface area (Å²) in [6, 6.07) is 4.22. The molecule has 0 bridgehead atoms. The number of nitrogens with one attached hydrogen (secondary N) is 1. The molecule has 32 heavy (non-hydrogen) atoms. The molecular weight excluding hydrogens is 402 g/mol. The number of aliphatic hydroxyl groups excluding tert-OH is 2. The fraction of sp³-hybridized carbons (Fsp3) is 0.231. The van der Waals surface area contributed by atoms with Crippen LogP contribution >= 0.6 is 0 Å². The van der Waals surface area contributed by atoms with Gasteiger partial charge in [-0.3, -0.25) is 0 Å². The highest BCUT2D eigenvalue weighted by molar-refractivity contribution is 6.11.